The van der Waals surface area contributed by atoms with Crippen molar-refractivity contribution in [2.75, 3.05) is 11.0 Å². The van der Waals surface area contributed by atoms with Gasteiger partial charge in [0.15, 0.2) is 33.1 Å². The van der Waals surface area contributed by atoms with Gasteiger partial charge in [0.25, 0.3) is 0 Å². The average Bonchev–Trinajstić information content (AvgIpc) is 1.70. The minimum absolute atomic E-state index is 0.0174. The van der Waals surface area contributed by atoms with Crippen LogP contribution < -0.4 is 9.86 Å². The highest BCUT2D eigenvalue weighted by atomic mass is 35.5. The number of sulfonamides is 2. The molecule has 23 heteroatoms. The Bertz CT molecular complexity index is 5310. The van der Waals surface area contributed by atoms with Crippen molar-refractivity contribution in [2.45, 2.75) is 22.2 Å². The van der Waals surface area contributed by atoms with E-state index in [1.165, 1.54) is 42.7 Å². The molecule has 0 bridgehead atoms. The van der Waals surface area contributed by atoms with Gasteiger partial charge in [-0.25, -0.2) is 36.9 Å². The van der Waals surface area contributed by atoms with Crippen molar-refractivity contribution in [1.82, 2.24) is 29.9 Å². The van der Waals surface area contributed by atoms with Gasteiger partial charge in [-0.1, -0.05) is 120 Å². The molecule has 0 aliphatic carbocycles. The minimum Gasteiger partial charge on any atom is -0.331 e. The molecule has 0 fully saturated rings. The lowest BCUT2D eigenvalue weighted by Gasteiger charge is -2.14. The summed E-state index contributed by atoms with van der Waals surface area (Å²) in [5.74, 6) is 19.3. The number of nitrogens with one attached hydrogen (secondary N) is 4. The molecule has 12 aromatic rings. The van der Waals surface area contributed by atoms with E-state index in [0.29, 0.717) is 60.8 Å². The van der Waals surface area contributed by atoms with Crippen LogP contribution in [-0.4, -0.2) is 72.7 Å². The van der Waals surface area contributed by atoms with E-state index in [0.717, 1.165) is 49.9 Å². The highest BCUT2D eigenvalue weighted by molar-refractivity contribution is 7.93. The number of anilines is 1. The molecule has 0 amide bonds. The van der Waals surface area contributed by atoms with E-state index in [-0.39, 0.29) is 26.8 Å². The number of alkyl halides is 3. The summed E-state index contributed by atoms with van der Waals surface area (Å²) in [6.45, 7) is 1.56. The topological polar surface area (TPSA) is 244 Å². The van der Waals surface area contributed by atoms with E-state index >= 15 is 0 Å². The first kappa shape index (κ1) is 62.8. The normalized spacial score (nSPS) is 11.4. The van der Waals surface area contributed by atoms with Gasteiger partial charge in [-0.05, 0) is 168 Å². The van der Waals surface area contributed by atoms with E-state index < -0.39 is 35.4 Å². The molecule has 0 unspecified atom stereocenters. The maximum absolute atomic E-state index is 12.8. The third-order valence-corrected chi connectivity index (χ3v) is 17.0. The molecule has 0 aliphatic rings. The summed E-state index contributed by atoms with van der Waals surface area (Å²) in [4.78, 5) is 35.0. The van der Waals surface area contributed by atoms with E-state index in [1.54, 1.807) is 103 Å². The predicted molar refractivity (Wildman–Crippen MR) is 345 cm³/mol. The summed E-state index contributed by atoms with van der Waals surface area (Å²) >= 11 is 11.7. The Morgan fingerprint density at radius 1 is 0.489 bits per heavy atom. The number of halogens is 5. The molecule has 0 radical (unpaired) electrons. The monoisotopic (exact) mass is 1300 g/mol. The lowest BCUT2D eigenvalue weighted by Crippen LogP contribution is -2.30. The van der Waals surface area contributed by atoms with Gasteiger partial charge in [0, 0.05) is 49.7 Å². The fourth-order valence-electron chi connectivity index (χ4n) is 8.98. The van der Waals surface area contributed by atoms with Crippen molar-refractivity contribution < 1.29 is 43.2 Å². The molecule has 0 spiro atoms. The number of sulfone groups is 1. The van der Waals surface area contributed by atoms with Crippen LogP contribution in [0, 0.1) is 35.5 Å². The van der Waals surface area contributed by atoms with Gasteiger partial charge in [-0.2, -0.15) is 21.6 Å². The molecule has 0 atom stereocenters. The number of fused-ring (bicyclic) bond motifs is 3. The van der Waals surface area contributed by atoms with Crippen molar-refractivity contribution >= 4 is 97.7 Å². The molecule has 0 aliphatic heterocycles. The van der Waals surface area contributed by atoms with Crippen LogP contribution in [0.2, 0.25) is 10.0 Å². The summed E-state index contributed by atoms with van der Waals surface area (Å²) < 4.78 is 110. The summed E-state index contributed by atoms with van der Waals surface area (Å²) in [5.41, 5.74) is 5.45. The number of para-hydroxylation sites is 1. The third kappa shape index (κ3) is 15.3. The summed E-state index contributed by atoms with van der Waals surface area (Å²) in [5, 5.41) is 6.60. The second-order valence-corrected chi connectivity index (χ2v) is 25.8. The molecular weight excluding hydrogens is 1250 g/mol. The van der Waals surface area contributed by atoms with Gasteiger partial charge < -0.3 is 15.0 Å². The standard InChI is InChI=1S/C24H18N2O3S.C22H13ClF3N3O2S.C21H14ClN3O2S/c1-16(27)20-5-3-4-6-21(20)18-10-13-22-23(15-18)26-24(25-22)14-9-17-7-11-19(12-8-17)30(2,28)29;23-16-9-5-14(6-10-16)7-12-21-27-19-11-8-15(13-20(19)28-21)17-3-1-2-4-18(17)29-32(30,31)22(24,25)26;22-16-9-5-14(6-10-16)7-12-21-24-18-11-8-15(13-19(18)25-21)17-3-1-2-4-20(17)28(23,26)27/h3-8,10-13,15H,1-2H3,(H,25,26);1-6,8-11,13,29H,(H,27,28);1-6,8-11,13H,(H,24,25)(H2,23,26,27). The lowest BCUT2D eigenvalue weighted by atomic mass is 9.97. The Labute approximate surface area is 524 Å². The number of imidazole rings is 3. The zero-order valence-electron chi connectivity index (χ0n) is 46.9. The summed E-state index contributed by atoms with van der Waals surface area (Å²) in [7, 11) is -12.6. The van der Waals surface area contributed by atoms with Crippen LogP contribution in [0.1, 0.15) is 51.4 Å². The minimum atomic E-state index is -5.55. The summed E-state index contributed by atoms with van der Waals surface area (Å²) in [6.07, 6.45) is 1.17. The maximum atomic E-state index is 12.8. The van der Waals surface area contributed by atoms with Crippen LogP contribution in [0.25, 0.3) is 66.5 Å². The number of aromatic nitrogens is 6. The molecule has 3 heterocycles. The van der Waals surface area contributed by atoms with E-state index in [9.17, 15) is 43.2 Å². The van der Waals surface area contributed by atoms with E-state index in [4.69, 9.17) is 28.3 Å². The SMILES string of the molecule is CC(=O)c1ccccc1-c1ccc2nc(C#Cc3ccc(S(C)(=O)=O)cc3)[nH]c2c1.NS(=O)(=O)c1ccccc1-c1ccc2nc(C#Cc3ccc(Cl)cc3)[nH]c2c1.O=S(=O)(Nc1ccccc1-c1ccc2nc(C#Cc3ccc(Cl)cc3)[nH]c2c1)C(F)(F)F. The molecule has 0 saturated carbocycles. The zero-order chi connectivity index (χ0) is 64.0. The third-order valence-electron chi connectivity index (χ3n) is 13.3. The first-order valence-corrected chi connectivity index (χ1v) is 32.3. The van der Waals surface area contributed by atoms with Gasteiger partial charge in [-0.3, -0.25) is 9.52 Å². The Balaban J connectivity index is 0.000000149. The van der Waals surface area contributed by atoms with Crippen molar-refractivity contribution in [3.8, 4) is 68.9 Å². The predicted octanol–water partition coefficient (Wildman–Crippen LogP) is 13.7. The Morgan fingerprint density at radius 3 is 1.29 bits per heavy atom. The average molecular weight is 1300 g/mol. The number of hydrogen-bond donors (Lipinski definition) is 5. The quantitative estimate of drug-likeness (QED) is 0.0711. The molecule has 448 valence electrons. The number of ketones is 1. The fourth-order valence-corrected chi connectivity index (χ4v) is 11.2. The Kier molecular flexibility index (Phi) is 18.3. The number of carbonyl (C=O) groups excluding carboxylic acids is 1. The van der Waals surface area contributed by atoms with Gasteiger partial charge in [0.2, 0.25) is 10.0 Å². The molecule has 90 heavy (non-hydrogen) atoms. The number of rotatable bonds is 8. The lowest BCUT2D eigenvalue weighted by molar-refractivity contribution is -0.0429. The largest absolute Gasteiger partial charge is 0.516 e. The molecule has 6 N–H and O–H groups in total. The van der Waals surface area contributed by atoms with Crippen LogP contribution in [-0.2, 0) is 29.9 Å². The number of H-pyrrole nitrogens is 3. The first-order valence-electron chi connectivity index (χ1n) is 26.6. The number of carbonyl (C=O) groups is 1. The number of benzene rings is 9. The number of aromatic amines is 3. The van der Waals surface area contributed by atoms with E-state index in [2.05, 4.69) is 65.4 Å². The Morgan fingerprint density at radius 2 is 0.867 bits per heavy atom. The number of Topliss-reactive ketones (excluding diaryl/α,β-unsaturated/α-hetero) is 1. The number of nitrogens with two attached hydrogens (primary N) is 1. The maximum Gasteiger partial charge on any atom is 0.516 e. The molecule has 12 rings (SSSR count). The number of hydrogen-bond acceptors (Lipinski definition) is 10. The first-order chi connectivity index (χ1) is 42.8. The van der Waals surface area contributed by atoms with Crippen LogP contribution >= 0.6 is 23.2 Å². The molecule has 0 saturated heterocycles. The van der Waals surface area contributed by atoms with Gasteiger partial charge in [0.1, 0.15) is 0 Å². The summed E-state index contributed by atoms with van der Waals surface area (Å²) in [6, 6.07) is 56.8. The molecule has 15 nitrogen and oxygen atoms in total. The highest BCUT2D eigenvalue weighted by Gasteiger charge is 2.46. The second kappa shape index (κ2) is 26.2. The molecule has 3 aromatic heterocycles. The van der Waals surface area contributed by atoms with E-state index in [1.807, 2.05) is 72.8 Å². The fraction of sp³-hybridized carbons (Fsp3) is 0.0448. The molecular formula is C67H45Cl2F3N8O7S3. The van der Waals surface area contributed by atoms with Gasteiger partial charge in [0.05, 0.1) is 48.6 Å². The highest BCUT2D eigenvalue weighted by Crippen LogP contribution is 2.34. The van der Waals surface area contributed by atoms with Crippen molar-refractivity contribution in [2.24, 2.45) is 5.14 Å². The van der Waals surface area contributed by atoms with Crippen LogP contribution in [0.4, 0.5) is 18.9 Å². The Hall–Kier alpha value is -10.3. The van der Waals surface area contributed by atoms with Crippen LogP contribution in [0.5, 0.6) is 0 Å². The van der Waals surface area contributed by atoms with Gasteiger partial charge in [-0.15, -0.1) is 0 Å². The van der Waals surface area contributed by atoms with Crippen molar-refractivity contribution in [3.05, 3.63) is 250 Å². The van der Waals surface area contributed by atoms with Crippen molar-refractivity contribution in [1.29, 1.82) is 0 Å². The zero-order valence-corrected chi connectivity index (χ0v) is 50.9. The van der Waals surface area contributed by atoms with Gasteiger partial charge >= 0.3 is 15.5 Å². The second-order valence-electron chi connectivity index (χ2n) is 19.8. The van der Waals surface area contributed by atoms with Crippen LogP contribution in [0.15, 0.2) is 210 Å². The van der Waals surface area contributed by atoms with Crippen molar-refractivity contribution in [3.63, 3.8) is 0 Å². The number of nitrogens with zero attached hydrogens (tertiary/aromatic N) is 3. The number of primary sulfonamides is 1. The van der Waals surface area contributed by atoms with Crippen LogP contribution in [0.3, 0.4) is 0 Å². The smallest absolute Gasteiger partial charge is 0.331 e. The molecule has 9 aromatic carbocycles.